The molecule has 0 spiro atoms. The van der Waals surface area contributed by atoms with Crippen LogP contribution in [0.1, 0.15) is 41.6 Å². The van der Waals surface area contributed by atoms with E-state index in [2.05, 4.69) is 0 Å². The lowest BCUT2D eigenvalue weighted by Crippen LogP contribution is -2.54. The van der Waals surface area contributed by atoms with Crippen molar-refractivity contribution in [3.63, 3.8) is 0 Å². The number of Topliss-reactive ketones (excluding diaryl/α,β-unsaturated/α-hetero) is 1. The Bertz CT molecular complexity index is 821. The van der Waals surface area contributed by atoms with Gasteiger partial charge in [0, 0.05) is 30.1 Å². The summed E-state index contributed by atoms with van der Waals surface area (Å²) in [5, 5.41) is 0.524. The Kier molecular flexibility index (Phi) is 4.91. The van der Waals surface area contributed by atoms with E-state index in [9.17, 15) is 9.59 Å². The number of amides is 1. The van der Waals surface area contributed by atoms with Crippen LogP contribution in [0.25, 0.3) is 0 Å². The van der Waals surface area contributed by atoms with Crippen LogP contribution in [0.5, 0.6) is 0 Å². The van der Waals surface area contributed by atoms with Gasteiger partial charge in [0.15, 0.2) is 18.2 Å². The highest BCUT2D eigenvalue weighted by molar-refractivity contribution is 6.31. The van der Waals surface area contributed by atoms with Crippen molar-refractivity contribution in [3.05, 3.63) is 64.9 Å². The number of pyridine rings is 1. The van der Waals surface area contributed by atoms with Gasteiger partial charge in [-0.05, 0) is 31.4 Å². The summed E-state index contributed by atoms with van der Waals surface area (Å²) < 4.78 is 1.83. The van der Waals surface area contributed by atoms with Gasteiger partial charge < -0.3 is 4.90 Å². The summed E-state index contributed by atoms with van der Waals surface area (Å²) in [6.45, 7) is 0. The summed E-state index contributed by atoms with van der Waals surface area (Å²) in [6, 6.07) is 10.9. The average Bonchev–Trinajstić information content (AvgIpc) is 2.62. The zero-order chi connectivity index (χ0) is 18.0. The number of carbonyl (C=O) groups is 2. The molecule has 5 heteroatoms. The smallest absolute Gasteiger partial charge is 0.260 e. The van der Waals surface area contributed by atoms with Crippen LogP contribution in [0.15, 0.2) is 48.8 Å². The molecule has 1 heterocycles. The molecule has 0 N–H and O–H groups in total. The van der Waals surface area contributed by atoms with Crippen molar-refractivity contribution < 1.29 is 14.2 Å². The van der Waals surface area contributed by atoms with E-state index in [1.165, 1.54) is 0 Å². The van der Waals surface area contributed by atoms with Gasteiger partial charge in [0.05, 0.1) is 0 Å². The molecular weight excluding hydrogens is 336 g/mol. The molecule has 2 aromatic rings. The molecule has 1 saturated carbocycles. The first-order valence-electron chi connectivity index (χ1n) is 8.48. The van der Waals surface area contributed by atoms with E-state index >= 15 is 0 Å². The van der Waals surface area contributed by atoms with Gasteiger partial charge in [-0.25, -0.2) is 4.57 Å². The fourth-order valence-corrected chi connectivity index (χ4v) is 4.00. The van der Waals surface area contributed by atoms with Crippen molar-refractivity contribution in [1.82, 2.24) is 4.90 Å². The van der Waals surface area contributed by atoms with E-state index in [0.29, 0.717) is 23.4 Å². The normalized spacial score (nSPS) is 20.4. The predicted octanol–water partition coefficient (Wildman–Crippen LogP) is 3.28. The second kappa shape index (κ2) is 6.96. The highest BCUT2D eigenvalue weighted by Crippen LogP contribution is 2.42. The molecule has 1 fully saturated rings. The summed E-state index contributed by atoms with van der Waals surface area (Å²) in [6.07, 6.45) is 6.44. The van der Waals surface area contributed by atoms with Crippen molar-refractivity contribution in [1.29, 1.82) is 0 Å². The maximum Gasteiger partial charge on any atom is 0.260 e. The Morgan fingerprint density at radius 2 is 1.96 bits per heavy atom. The van der Waals surface area contributed by atoms with E-state index in [0.717, 1.165) is 18.4 Å². The summed E-state index contributed by atoms with van der Waals surface area (Å²) >= 11 is 6.44. The second-order valence-corrected chi connectivity index (χ2v) is 7.00. The summed E-state index contributed by atoms with van der Waals surface area (Å²) in [5.41, 5.74) is 0.275. The number of rotatable bonds is 3. The molecule has 0 bridgehead atoms. The van der Waals surface area contributed by atoms with Gasteiger partial charge in [-0.1, -0.05) is 29.8 Å². The van der Waals surface area contributed by atoms with E-state index in [4.69, 9.17) is 11.6 Å². The Morgan fingerprint density at radius 1 is 1.20 bits per heavy atom. The van der Waals surface area contributed by atoms with Gasteiger partial charge in [-0.2, -0.15) is 0 Å². The number of hydrogen-bond acceptors (Lipinski definition) is 2. The van der Waals surface area contributed by atoms with Crippen molar-refractivity contribution >= 4 is 23.3 Å². The van der Waals surface area contributed by atoms with Crippen LogP contribution in [-0.2, 0) is 17.4 Å². The first-order chi connectivity index (χ1) is 12.0. The average molecular weight is 358 g/mol. The minimum absolute atomic E-state index is 0.0583. The zero-order valence-electron chi connectivity index (χ0n) is 14.5. The molecule has 25 heavy (non-hydrogen) atoms. The maximum absolute atomic E-state index is 13.1. The Hall–Kier alpha value is -2.20. The van der Waals surface area contributed by atoms with Crippen molar-refractivity contribution in [2.45, 2.75) is 31.2 Å². The van der Waals surface area contributed by atoms with Gasteiger partial charge in [0.2, 0.25) is 0 Å². The minimum Gasteiger partial charge on any atom is -0.325 e. The Balaban J connectivity index is 2.10. The van der Waals surface area contributed by atoms with Crippen LogP contribution >= 0.6 is 11.6 Å². The number of halogens is 1. The predicted molar refractivity (Wildman–Crippen MR) is 96.3 cm³/mol. The molecule has 1 aliphatic rings. The maximum atomic E-state index is 13.1. The van der Waals surface area contributed by atoms with Gasteiger partial charge in [-0.3, -0.25) is 9.59 Å². The molecule has 1 amide bonds. The summed E-state index contributed by atoms with van der Waals surface area (Å²) in [5.74, 6) is -0.116. The third-order valence-electron chi connectivity index (χ3n) is 5.04. The van der Waals surface area contributed by atoms with E-state index in [1.807, 2.05) is 42.1 Å². The molecule has 1 unspecified atom stereocenters. The fourth-order valence-electron chi connectivity index (χ4n) is 3.71. The molecule has 1 aliphatic carbocycles. The summed E-state index contributed by atoms with van der Waals surface area (Å²) in [4.78, 5) is 27.8. The van der Waals surface area contributed by atoms with Crippen molar-refractivity contribution in [2.75, 3.05) is 7.05 Å². The minimum atomic E-state index is -0.998. The monoisotopic (exact) mass is 357 g/mol. The van der Waals surface area contributed by atoms with E-state index in [-0.39, 0.29) is 11.7 Å². The number of aryl methyl sites for hydroxylation is 1. The van der Waals surface area contributed by atoms with Crippen LogP contribution in [0.2, 0.25) is 5.02 Å². The topological polar surface area (TPSA) is 41.3 Å². The highest BCUT2D eigenvalue weighted by atomic mass is 35.5. The molecule has 0 aliphatic heterocycles. The molecule has 1 atom stereocenters. The molecule has 4 nitrogen and oxygen atoms in total. The standard InChI is InChI=1S/C20H22ClN2O2/c1-22-13-7-8-15(14-22)19(25)23(2)20(12-6-5-11-18(20)24)16-9-3-4-10-17(16)21/h3-4,7-10,13-14H,5-6,11-12H2,1-2H3/q+1. The van der Waals surface area contributed by atoms with Gasteiger partial charge in [0.25, 0.3) is 5.91 Å². The first kappa shape index (κ1) is 17.6. The quantitative estimate of drug-likeness (QED) is 0.791. The molecule has 0 radical (unpaired) electrons. The third-order valence-corrected chi connectivity index (χ3v) is 5.37. The Labute approximate surface area is 153 Å². The van der Waals surface area contributed by atoms with Crippen molar-refractivity contribution in [2.24, 2.45) is 7.05 Å². The van der Waals surface area contributed by atoms with Gasteiger partial charge in [0.1, 0.15) is 18.2 Å². The number of nitrogens with zero attached hydrogens (tertiary/aromatic N) is 2. The largest absolute Gasteiger partial charge is 0.325 e. The number of hydrogen-bond donors (Lipinski definition) is 0. The number of benzene rings is 1. The lowest BCUT2D eigenvalue weighted by atomic mass is 9.74. The highest BCUT2D eigenvalue weighted by Gasteiger charge is 2.48. The lowest BCUT2D eigenvalue weighted by Gasteiger charge is -2.43. The lowest BCUT2D eigenvalue weighted by molar-refractivity contribution is -0.671. The molecule has 130 valence electrons. The third kappa shape index (κ3) is 3.07. The van der Waals surface area contributed by atoms with Crippen LogP contribution in [0.3, 0.4) is 0 Å². The zero-order valence-corrected chi connectivity index (χ0v) is 15.3. The van der Waals surface area contributed by atoms with Crippen LogP contribution in [0, 0.1) is 0 Å². The molecule has 0 saturated heterocycles. The van der Waals surface area contributed by atoms with Crippen LogP contribution in [-0.4, -0.2) is 23.6 Å². The number of carbonyl (C=O) groups excluding carboxylic acids is 2. The number of ketones is 1. The molecule has 3 rings (SSSR count). The number of likely N-dealkylation sites (N-methyl/N-ethyl adjacent to an activating group) is 1. The Morgan fingerprint density at radius 3 is 2.64 bits per heavy atom. The first-order valence-corrected chi connectivity index (χ1v) is 8.86. The van der Waals surface area contributed by atoms with Gasteiger partial charge >= 0.3 is 0 Å². The summed E-state index contributed by atoms with van der Waals surface area (Å²) in [7, 11) is 3.58. The van der Waals surface area contributed by atoms with E-state index < -0.39 is 5.54 Å². The molecular formula is C20H22ClN2O2+. The molecule has 1 aromatic carbocycles. The van der Waals surface area contributed by atoms with Crippen LogP contribution < -0.4 is 4.57 Å². The fraction of sp³-hybridized carbons (Fsp3) is 0.350. The SMILES string of the molecule is CN(C(=O)c1ccc[n+](C)c1)C1(c2ccccc2Cl)CCCCC1=O. The van der Waals surface area contributed by atoms with E-state index in [1.54, 1.807) is 30.3 Å². The molecule has 1 aromatic heterocycles. The van der Waals surface area contributed by atoms with Gasteiger partial charge in [-0.15, -0.1) is 0 Å². The number of aromatic nitrogens is 1. The van der Waals surface area contributed by atoms with Crippen LogP contribution in [0.4, 0.5) is 0 Å². The van der Waals surface area contributed by atoms with Crippen molar-refractivity contribution in [3.8, 4) is 0 Å². The second-order valence-electron chi connectivity index (χ2n) is 6.59.